The first-order valence-corrected chi connectivity index (χ1v) is 9.74. The maximum Gasteiger partial charge on any atom is 0.176 e. The fraction of sp³-hybridized carbons (Fsp3) is 0.176. The van der Waals surface area contributed by atoms with Crippen molar-refractivity contribution in [3.63, 3.8) is 0 Å². The summed E-state index contributed by atoms with van der Waals surface area (Å²) in [5.41, 5.74) is 2.53. The van der Waals surface area contributed by atoms with Crippen LogP contribution in [0.15, 0.2) is 53.4 Å². The number of hydrogen-bond donors (Lipinski definition) is 0. The maximum absolute atomic E-state index is 13.1. The van der Waals surface area contributed by atoms with E-state index in [-0.39, 0.29) is 22.5 Å². The average molecular weight is 373 g/mol. The van der Waals surface area contributed by atoms with E-state index in [1.807, 2.05) is 0 Å². The first-order chi connectivity index (χ1) is 10.9. The molecule has 0 heterocycles. The van der Waals surface area contributed by atoms with Gasteiger partial charge in [-0.1, -0.05) is 30.3 Å². The van der Waals surface area contributed by atoms with Crippen LogP contribution in [0.4, 0.5) is 4.39 Å². The van der Waals surface area contributed by atoms with Gasteiger partial charge in [0.15, 0.2) is 9.84 Å². The van der Waals surface area contributed by atoms with E-state index in [4.69, 9.17) is 23.2 Å². The Bertz CT molecular complexity index is 828. The summed E-state index contributed by atoms with van der Waals surface area (Å²) in [6.07, 6.45) is 1.15. The molecule has 0 radical (unpaired) electrons. The number of rotatable bonds is 5. The van der Waals surface area contributed by atoms with E-state index in [1.165, 1.54) is 18.2 Å². The summed E-state index contributed by atoms with van der Waals surface area (Å²) in [7, 11) is -3.42. The summed E-state index contributed by atoms with van der Waals surface area (Å²) in [4.78, 5) is 0.195. The van der Waals surface area contributed by atoms with Crippen molar-refractivity contribution < 1.29 is 12.8 Å². The first-order valence-electron chi connectivity index (χ1n) is 6.78. The smallest absolute Gasteiger partial charge is 0.176 e. The predicted molar refractivity (Wildman–Crippen MR) is 94.2 cm³/mol. The Morgan fingerprint density at radius 3 is 2.04 bits per heavy atom. The van der Waals surface area contributed by atoms with Gasteiger partial charge in [0.25, 0.3) is 0 Å². The number of hydrogen-bond acceptors (Lipinski definition) is 2. The molecular formula is C17H15Cl2FO2S. The van der Waals surface area contributed by atoms with Crippen LogP contribution in [-0.4, -0.2) is 26.4 Å². The predicted octanol–water partition coefficient (Wildman–Crippen LogP) is 4.62. The van der Waals surface area contributed by atoms with Gasteiger partial charge in [-0.3, -0.25) is 0 Å². The van der Waals surface area contributed by atoms with Crippen LogP contribution >= 0.6 is 23.2 Å². The fourth-order valence-electron chi connectivity index (χ4n) is 2.34. The highest BCUT2D eigenvalue weighted by Crippen LogP contribution is 2.32. The van der Waals surface area contributed by atoms with Crippen molar-refractivity contribution >= 4 is 44.2 Å². The molecule has 0 aromatic heterocycles. The quantitative estimate of drug-likeness (QED) is 0.566. The van der Waals surface area contributed by atoms with Crippen molar-refractivity contribution in [3.8, 4) is 0 Å². The van der Waals surface area contributed by atoms with Gasteiger partial charge in [-0.15, -0.1) is 23.2 Å². The van der Waals surface area contributed by atoms with Crippen molar-refractivity contribution in [1.82, 2.24) is 0 Å². The maximum atomic E-state index is 13.1. The van der Waals surface area contributed by atoms with Gasteiger partial charge in [-0.2, -0.15) is 0 Å². The van der Waals surface area contributed by atoms with Crippen molar-refractivity contribution in [2.75, 3.05) is 18.0 Å². The summed E-state index contributed by atoms with van der Waals surface area (Å²) in [6.45, 7) is 0. The van der Waals surface area contributed by atoms with E-state index in [1.54, 1.807) is 30.3 Å². The number of alkyl halides is 2. The second kappa shape index (κ2) is 7.47. The largest absolute Gasteiger partial charge is 0.224 e. The Morgan fingerprint density at radius 2 is 1.52 bits per heavy atom. The van der Waals surface area contributed by atoms with Crippen LogP contribution in [0.25, 0.3) is 11.1 Å². The lowest BCUT2D eigenvalue weighted by Crippen LogP contribution is -2.04. The zero-order valence-electron chi connectivity index (χ0n) is 12.4. The van der Waals surface area contributed by atoms with E-state index >= 15 is 0 Å². The van der Waals surface area contributed by atoms with Crippen LogP contribution in [0, 0.1) is 5.82 Å². The molecule has 0 aliphatic heterocycles. The second-order valence-corrected chi connectivity index (χ2v) is 7.52. The van der Waals surface area contributed by atoms with Crippen molar-refractivity contribution in [2.45, 2.75) is 4.90 Å². The Morgan fingerprint density at radius 1 is 0.957 bits per heavy atom. The Kier molecular flexibility index (Phi) is 5.84. The van der Waals surface area contributed by atoms with Crippen molar-refractivity contribution in [2.24, 2.45) is 0 Å². The van der Waals surface area contributed by atoms with Gasteiger partial charge in [0.2, 0.25) is 0 Å². The first kappa shape index (κ1) is 18.0. The molecule has 0 fully saturated rings. The lowest BCUT2D eigenvalue weighted by atomic mass is 9.97. The van der Waals surface area contributed by atoms with Crippen LogP contribution in [-0.2, 0) is 9.84 Å². The van der Waals surface area contributed by atoms with Gasteiger partial charge in [0.05, 0.1) is 4.90 Å². The molecule has 0 aliphatic carbocycles. The molecule has 2 nitrogen and oxygen atoms in total. The molecule has 122 valence electrons. The zero-order valence-corrected chi connectivity index (χ0v) is 14.7. The minimum Gasteiger partial charge on any atom is -0.224 e. The standard InChI is InChI=1S/C17H15Cl2FO2S/c1-23(21,22)17-5-3-2-4-14(17)16(11-19)15(10-18)12-6-8-13(20)9-7-12/h2-9H,10-11H2,1H3. The lowest BCUT2D eigenvalue weighted by molar-refractivity contribution is 0.601. The van der Waals surface area contributed by atoms with Crippen LogP contribution in [0.2, 0.25) is 0 Å². The monoisotopic (exact) mass is 372 g/mol. The Hall–Kier alpha value is -1.36. The van der Waals surface area contributed by atoms with Crippen molar-refractivity contribution in [3.05, 3.63) is 65.5 Å². The molecule has 0 amide bonds. The molecule has 0 saturated carbocycles. The Balaban J connectivity index is 2.73. The number of sulfone groups is 1. The molecule has 0 bridgehead atoms. The minimum absolute atomic E-state index is 0.0892. The molecule has 0 saturated heterocycles. The minimum atomic E-state index is -3.42. The molecule has 0 spiro atoms. The molecule has 0 N–H and O–H groups in total. The summed E-state index contributed by atoms with van der Waals surface area (Å²) < 4.78 is 37.2. The molecule has 6 heteroatoms. The van der Waals surface area contributed by atoms with Gasteiger partial charge in [0, 0.05) is 18.0 Å². The van der Waals surface area contributed by atoms with Gasteiger partial charge in [0.1, 0.15) is 5.82 Å². The van der Waals surface area contributed by atoms with Gasteiger partial charge in [-0.25, -0.2) is 12.8 Å². The third-order valence-electron chi connectivity index (χ3n) is 3.44. The van der Waals surface area contributed by atoms with Crippen LogP contribution in [0.3, 0.4) is 0 Å². The van der Waals surface area contributed by atoms with Gasteiger partial charge < -0.3 is 0 Å². The molecule has 23 heavy (non-hydrogen) atoms. The van der Waals surface area contributed by atoms with Crippen molar-refractivity contribution in [1.29, 1.82) is 0 Å². The number of benzene rings is 2. The molecular weight excluding hydrogens is 358 g/mol. The van der Waals surface area contributed by atoms with Gasteiger partial charge >= 0.3 is 0 Å². The third-order valence-corrected chi connectivity index (χ3v) is 5.13. The Labute approximate surface area is 145 Å². The molecule has 2 rings (SSSR count). The SMILES string of the molecule is CS(=O)(=O)c1ccccc1C(CCl)=C(CCl)c1ccc(F)cc1. The average Bonchev–Trinajstić information content (AvgIpc) is 2.53. The summed E-state index contributed by atoms with van der Waals surface area (Å²) in [5, 5.41) is 0. The van der Waals surface area contributed by atoms with E-state index in [0.717, 1.165) is 6.26 Å². The van der Waals surface area contributed by atoms with Crippen LogP contribution in [0.1, 0.15) is 11.1 Å². The number of halogens is 3. The number of allylic oxidation sites excluding steroid dienone is 2. The second-order valence-electron chi connectivity index (χ2n) is 5.00. The van der Waals surface area contributed by atoms with Gasteiger partial charge in [-0.05, 0) is 40.5 Å². The van der Waals surface area contributed by atoms with E-state index in [0.29, 0.717) is 22.3 Å². The highest BCUT2D eigenvalue weighted by molar-refractivity contribution is 7.90. The molecule has 0 aliphatic rings. The topological polar surface area (TPSA) is 34.1 Å². The van der Waals surface area contributed by atoms with Crippen LogP contribution in [0.5, 0.6) is 0 Å². The molecule has 0 atom stereocenters. The zero-order chi connectivity index (χ0) is 17.0. The fourth-order valence-corrected chi connectivity index (χ4v) is 3.87. The molecule has 2 aromatic carbocycles. The summed E-state index contributed by atoms with van der Waals surface area (Å²) >= 11 is 12.2. The summed E-state index contributed by atoms with van der Waals surface area (Å²) in [6, 6.07) is 12.5. The third kappa shape index (κ3) is 4.14. The van der Waals surface area contributed by atoms with E-state index in [2.05, 4.69) is 0 Å². The highest BCUT2D eigenvalue weighted by atomic mass is 35.5. The van der Waals surface area contributed by atoms with Crippen LogP contribution < -0.4 is 0 Å². The molecule has 2 aromatic rings. The summed E-state index contributed by atoms with van der Waals surface area (Å²) in [5.74, 6) is -0.135. The molecule has 0 unspecified atom stereocenters. The lowest BCUT2D eigenvalue weighted by Gasteiger charge is -2.15. The highest BCUT2D eigenvalue weighted by Gasteiger charge is 2.18. The van der Waals surface area contributed by atoms with E-state index < -0.39 is 9.84 Å². The normalized spacial score (nSPS) is 12.9. The van der Waals surface area contributed by atoms with E-state index in [9.17, 15) is 12.8 Å².